The maximum Gasteiger partial charge on any atom is 0.336 e. The third-order valence-electron chi connectivity index (χ3n) is 2.31. The maximum atomic E-state index is 11.3. The molecule has 1 aliphatic heterocycles. The number of hydrogen-bond acceptors (Lipinski definition) is 2. The molecule has 0 N–H and O–H groups in total. The largest absolute Gasteiger partial charge is 0.423 e. The van der Waals surface area contributed by atoms with E-state index in [2.05, 4.69) is 13.8 Å². The van der Waals surface area contributed by atoms with Crippen LogP contribution in [0.5, 0.6) is 0 Å². The first-order chi connectivity index (χ1) is 7.66. The standard InChI is InChI=1S/C14H14O2/c1-10(2)8-13-12(9-14(15)16-13)11-6-4-3-5-7-11/h3-10H,1-2H3/b13-8-. The Labute approximate surface area is 95.2 Å². The van der Waals surface area contributed by atoms with Gasteiger partial charge in [-0.1, -0.05) is 44.2 Å². The minimum absolute atomic E-state index is 0.286. The van der Waals surface area contributed by atoms with Gasteiger partial charge in [0.1, 0.15) is 5.76 Å². The van der Waals surface area contributed by atoms with Crippen molar-refractivity contribution < 1.29 is 9.53 Å². The summed E-state index contributed by atoms with van der Waals surface area (Å²) < 4.78 is 5.17. The zero-order valence-electron chi connectivity index (χ0n) is 9.44. The van der Waals surface area contributed by atoms with Crippen molar-refractivity contribution in [2.24, 2.45) is 5.92 Å². The van der Waals surface area contributed by atoms with Crippen LogP contribution in [0.3, 0.4) is 0 Å². The van der Waals surface area contributed by atoms with Crippen LogP contribution in [0.4, 0.5) is 0 Å². The number of allylic oxidation sites excluding steroid dienone is 2. The van der Waals surface area contributed by atoms with Gasteiger partial charge in [0.25, 0.3) is 0 Å². The molecule has 1 heterocycles. The fraction of sp³-hybridized carbons (Fsp3) is 0.214. The molecule has 0 atom stereocenters. The first-order valence-electron chi connectivity index (χ1n) is 5.38. The lowest BCUT2D eigenvalue weighted by Gasteiger charge is -2.05. The van der Waals surface area contributed by atoms with Gasteiger partial charge in [-0.25, -0.2) is 4.79 Å². The zero-order valence-corrected chi connectivity index (χ0v) is 9.44. The van der Waals surface area contributed by atoms with Gasteiger partial charge >= 0.3 is 5.97 Å². The normalized spacial score (nSPS) is 17.8. The Balaban J connectivity index is 2.39. The van der Waals surface area contributed by atoms with Crippen molar-refractivity contribution in [1.82, 2.24) is 0 Å². The van der Waals surface area contributed by atoms with E-state index >= 15 is 0 Å². The van der Waals surface area contributed by atoms with Crippen LogP contribution in [0.25, 0.3) is 5.57 Å². The third kappa shape index (κ3) is 2.22. The second kappa shape index (κ2) is 4.35. The Morgan fingerprint density at radius 2 is 1.88 bits per heavy atom. The molecule has 82 valence electrons. The van der Waals surface area contributed by atoms with Crippen LogP contribution in [0.2, 0.25) is 0 Å². The quantitative estimate of drug-likeness (QED) is 0.707. The van der Waals surface area contributed by atoms with E-state index in [0.29, 0.717) is 11.7 Å². The molecule has 0 aliphatic carbocycles. The van der Waals surface area contributed by atoms with Crippen LogP contribution >= 0.6 is 0 Å². The van der Waals surface area contributed by atoms with E-state index in [-0.39, 0.29) is 5.97 Å². The SMILES string of the molecule is CC(C)/C=C1\OC(=O)C=C1c1ccccc1. The van der Waals surface area contributed by atoms with Crippen LogP contribution < -0.4 is 0 Å². The van der Waals surface area contributed by atoms with E-state index in [1.165, 1.54) is 0 Å². The molecule has 2 heteroatoms. The Morgan fingerprint density at radius 1 is 1.19 bits per heavy atom. The highest BCUT2D eigenvalue weighted by molar-refractivity contribution is 6.01. The second-order valence-electron chi connectivity index (χ2n) is 4.12. The van der Waals surface area contributed by atoms with Crippen molar-refractivity contribution in [2.45, 2.75) is 13.8 Å². The zero-order chi connectivity index (χ0) is 11.5. The molecule has 0 radical (unpaired) electrons. The second-order valence-corrected chi connectivity index (χ2v) is 4.12. The van der Waals surface area contributed by atoms with Crippen molar-refractivity contribution in [3.05, 3.63) is 53.8 Å². The fourth-order valence-electron chi connectivity index (χ4n) is 1.65. The monoisotopic (exact) mass is 214 g/mol. The van der Waals surface area contributed by atoms with Crippen molar-refractivity contribution in [2.75, 3.05) is 0 Å². The fourth-order valence-corrected chi connectivity index (χ4v) is 1.65. The molecule has 0 bridgehead atoms. The predicted molar refractivity (Wildman–Crippen MR) is 63.4 cm³/mol. The van der Waals surface area contributed by atoms with Gasteiger partial charge in [-0.15, -0.1) is 0 Å². The summed E-state index contributed by atoms with van der Waals surface area (Å²) in [5.74, 6) is 0.741. The number of cyclic esters (lactones) is 1. The van der Waals surface area contributed by atoms with Gasteiger partial charge < -0.3 is 4.74 Å². The van der Waals surface area contributed by atoms with Crippen molar-refractivity contribution in [3.63, 3.8) is 0 Å². The summed E-state index contributed by atoms with van der Waals surface area (Å²) in [4.78, 5) is 11.3. The number of hydrogen-bond donors (Lipinski definition) is 0. The third-order valence-corrected chi connectivity index (χ3v) is 2.31. The molecule has 1 aromatic rings. The van der Waals surface area contributed by atoms with Gasteiger partial charge in [-0.05, 0) is 17.6 Å². The Kier molecular flexibility index (Phi) is 2.91. The highest BCUT2D eigenvalue weighted by atomic mass is 16.5. The van der Waals surface area contributed by atoms with Crippen molar-refractivity contribution >= 4 is 11.5 Å². The van der Waals surface area contributed by atoms with Crippen LogP contribution in [0.15, 0.2) is 48.2 Å². The van der Waals surface area contributed by atoms with E-state index in [0.717, 1.165) is 11.1 Å². The molecule has 2 rings (SSSR count). The average Bonchev–Trinajstić information content (AvgIpc) is 2.60. The van der Waals surface area contributed by atoms with E-state index in [1.54, 1.807) is 6.08 Å². The Bertz CT molecular complexity index is 453. The number of carbonyl (C=O) groups excluding carboxylic acids is 1. The lowest BCUT2D eigenvalue weighted by molar-refractivity contribution is -0.132. The molecule has 0 fully saturated rings. The summed E-state index contributed by atoms with van der Waals surface area (Å²) in [5, 5.41) is 0. The van der Waals surface area contributed by atoms with Gasteiger partial charge in [-0.3, -0.25) is 0 Å². The summed E-state index contributed by atoms with van der Waals surface area (Å²) in [6.07, 6.45) is 3.51. The van der Waals surface area contributed by atoms with E-state index in [4.69, 9.17) is 4.74 Å². The van der Waals surface area contributed by atoms with Gasteiger partial charge in [0.2, 0.25) is 0 Å². The number of esters is 1. The molecule has 1 aromatic carbocycles. The first kappa shape index (κ1) is 10.7. The molecule has 0 saturated carbocycles. The topological polar surface area (TPSA) is 26.3 Å². The lowest BCUT2D eigenvalue weighted by atomic mass is 10.0. The van der Waals surface area contributed by atoms with Crippen LogP contribution in [0, 0.1) is 5.92 Å². The Morgan fingerprint density at radius 3 is 2.50 bits per heavy atom. The van der Waals surface area contributed by atoms with Crippen molar-refractivity contribution in [1.29, 1.82) is 0 Å². The number of rotatable bonds is 2. The molecule has 16 heavy (non-hydrogen) atoms. The van der Waals surface area contributed by atoms with Crippen LogP contribution in [0.1, 0.15) is 19.4 Å². The first-order valence-corrected chi connectivity index (χ1v) is 5.38. The summed E-state index contributed by atoms with van der Waals surface area (Å²) in [6, 6.07) is 9.80. The summed E-state index contributed by atoms with van der Waals surface area (Å²) in [5.41, 5.74) is 1.89. The lowest BCUT2D eigenvalue weighted by Crippen LogP contribution is -1.93. The molecule has 2 nitrogen and oxygen atoms in total. The minimum Gasteiger partial charge on any atom is -0.423 e. The molecule has 1 aliphatic rings. The van der Waals surface area contributed by atoms with Gasteiger partial charge in [0.05, 0.1) is 0 Å². The highest BCUT2D eigenvalue weighted by Crippen LogP contribution is 2.30. The van der Waals surface area contributed by atoms with Gasteiger partial charge in [0, 0.05) is 11.6 Å². The van der Waals surface area contributed by atoms with Gasteiger partial charge in [0.15, 0.2) is 0 Å². The number of carbonyl (C=O) groups is 1. The van der Waals surface area contributed by atoms with Crippen LogP contribution in [-0.2, 0) is 9.53 Å². The smallest absolute Gasteiger partial charge is 0.336 e. The summed E-state index contributed by atoms with van der Waals surface area (Å²) >= 11 is 0. The predicted octanol–water partition coefficient (Wildman–Crippen LogP) is 3.17. The molecule has 0 aromatic heterocycles. The van der Waals surface area contributed by atoms with Crippen LogP contribution in [-0.4, -0.2) is 5.97 Å². The summed E-state index contributed by atoms with van der Waals surface area (Å²) in [7, 11) is 0. The maximum absolute atomic E-state index is 11.3. The molecular weight excluding hydrogens is 200 g/mol. The molecular formula is C14H14O2. The molecule has 0 unspecified atom stereocenters. The van der Waals surface area contributed by atoms with E-state index in [9.17, 15) is 4.79 Å². The molecule has 0 spiro atoms. The average molecular weight is 214 g/mol. The highest BCUT2D eigenvalue weighted by Gasteiger charge is 2.21. The van der Waals surface area contributed by atoms with E-state index < -0.39 is 0 Å². The summed E-state index contributed by atoms with van der Waals surface area (Å²) in [6.45, 7) is 4.11. The molecule has 0 amide bonds. The molecule has 0 saturated heterocycles. The number of benzene rings is 1. The Hall–Kier alpha value is -1.83. The van der Waals surface area contributed by atoms with E-state index in [1.807, 2.05) is 36.4 Å². The van der Waals surface area contributed by atoms with Gasteiger partial charge in [-0.2, -0.15) is 0 Å². The van der Waals surface area contributed by atoms with Crippen molar-refractivity contribution in [3.8, 4) is 0 Å². The minimum atomic E-state index is -0.286. The number of ether oxygens (including phenoxy) is 1.